The zero-order chi connectivity index (χ0) is 14.5. The van der Waals surface area contributed by atoms with E-state index in [1.807, 2.05) is 0 Å². The normalized spacial score (nSPS) is 17.8. The van der Waals surface area contributed by atoms with Gasteiger partial charge in [-0.2, -0.15) is 0 Å². The average Bonchev–Trinajstić information content (AvgIpc) is 2.48. The highest BCUT2D eigenvalue weighted by Gasteiger charge is 2.18. The van der Waals surface area contributed by atoms with Gasteiger partial charge in [-0.05, 0) is 60.9 Å². The van der Waals surface area contributed by atoms with Crippen LogP contribution in [0.3, 0.4) is 0 Å². The third-order valence-corrected chi connectivity index (χ3v) is 4.57. The molecular weight excluding hydrogens is 323 g/mol. The van der Waals surface area contributed by atoms with Crippen molar-refractivity contribution in [2.75, 3.05) is 19.6 Å². The molecular formula is C15H20BrFN2O. The fraction of sp³-hybridized carbons (Fsp3) is 0.533. The maximum Gasteiger partial charge on any atom is 0.252 e. The van der Waals surface area contributed by atoms with Crippen molar-refractivity contribution in [3.8, 4) is 0 Å². The van der Waals surface area contributed by atoms with Gasteiger partial charge in [0.1, 0.15) is 5.82 Å². The molecule has 1 fully saturated rings. The van der Waals surface area contributed by atoms with Gasteiger partial charge in [-0.25, -0.2) is 4.39 Å². The molecule has 0 radical (unpaired) electrons. The fourth-order valence-corrected chi connectivity index (χ4v) is 2.95. The van der Waals surface area contributed by atoms with Gasteiger partial charge in [-0.3, -0.25) is 9.69 Å². The Kier molecular flexibility index (Phi) is 5.54. The van der Waals surface area contributed by atoms with E-state index in [1.165, 1.54) is 25.3 Å². The molecule has 0 aliphatic carbocycles. The highest BCUT2D eigenvalue weighted by Crippen LogP contribution is 2.20. The van der Waals surface area contributed by atoms with Gasteiger partial charge in [0.15, 0.2) is 0 Å². The summed E-state index contributed by atoms with van der Waals surface area (Å²) in [6.07, 6.45) is 3.76. The molecule has 1 heterocycles. The lowest BCUT2D eigenvalue weighted by atomic mass is 10.1. The van der Waals surface area contributed by atoms with Crippen molar-refractivity contribution in [2.45, 2.75) is 32.2 Å². The Balaban J connectivity index is 1.89. The molecule has 0 bridgehead atoms. The maximum absolute atomic E-state index is 13.4. The Morgan fingerprint density at radius 1 is 1.40 bits per heavy atom. The lowest BCUT2D eigenvalue weighted by molar-refractivity contribution is 0.0928. The van der Waals surface area contributed by atoms with Gasteiger partial charge in [0.05, 0.1) is 10.0 Å². The molecule has 3 nitrogen and oxygen atoms in total. The van der Waals surface area contributed by atoms with E-state index in [2.05, 4.69) is 33.1 Å². The highest BCUT2D eigenvalue weighted by atomic mass is 79.9. The number of hydrogen-bond donors (Lipinski definition) is 1. The first-order valence-corrected chi connectivity index (χ1v) is 7.85. The third kappa shape index (κ3) is 3.79. The molecule has 1 aliphatic heterocycles. The number of carbonyl (C=O) groups excluding carboxylic acids is 1. The van der Waals surface area contributed by atoms with Crippen molar-refractivity contribution >= 4 is 21.8 Å². The van der Waals surface area contributed by atoms with Gasteiger partial charge in [0.25, 0.3) is 5.91 Å². The molecule has 1 atom stereocenters. The maximum atomic E-state index is 13.4. The summed E-state index contributed by atoms with van der Waals surface area (Å²) < 4.78 is 13.6. The highest BCUT2D eigenvalue weighted by molar-refractivity contribution is 9.10. The van der Waals surface area contributed by atoms with Gasteiger partial charge < -0.3 is 5.32 Å². The summed E-state index contributed by atoms with van der Waals surface area (Å²) in [7, 11) is 0. The van der Waals surface area contributed by atoms with Gasteiger partial charge in [0, 0.05) is 12.6 Å². The summed E-state index contributed by atoms with van der Waals surface area (Å²) in [6, 6.07) is 4.81. The number of amides is 1. The van der Waals surface area contributed by atoms with Crippen LogP contribution in [0.2, 0.25) is 0 Å². The van der Waals surface area contributed by atoms with Gasteiger partial charge >= 0.3 is 0 Å². The minimum atomic E-state index is -0.415. The van der Waals surface area contributed by atoms with E-state index in [0.717, 1.165) is 13.1 Å². The zero-order valence-electron chi connectivity index (χ0n) is 11.7. The first-order chi connectivity index (χ1) is 9.59. The average molecular weight is 343 g/mol. The summed E-state index contributed by atoms with van der Waals surface area (Å²) >= 11 is 3.12. The van der Waals surface area contributed by atoms with Gasteiger partial charge in [-0.15, -0.1) is 0 Å². The molecule has 2 rings (SSSR count). The fourth-order valence-electron chi connectivity index (χ4n) is 2.50. The number of nitrogens with zero attached hydrogens (tertiary/aromatic N) is 1. The topological polar surface area (TPSA) is 32.3 Å². The van der Waals surface area contributed by atoms with Crippen LogP contribution >= 0.6 is 15.9 Å². The lowest BCUT2D eigenvalue weighted by Crippen LogP contribution is -2.44. The van der Waals surface area contributed by atoms with Gasteiger partial charge in [0.2, 0.25) is 0 Å². The van der Waals surface area contributed by atoms with Crippen LogP contribution in [0.25, 0.3) is 0 Å². The first kappa shape index (κ1) is 15.4. The largest absolute Gasteiger partial charge is 0.350 e. The number of piperidine rings is 1. The summed E-state index contributed by atoms with van der Waals surface area (Å²) in [5, 5.41) is 2.89. The summed E-state index contributed by atoms with van der Waals surface area (Å²) in [6.45, 7) is 4.90. The van der Waals surface area contributed by atoms with Crippen LogP contribution in [0.1, 0.15) is 36.5 Å². The quantitative estimate of drug-likeness (QED) is 0.911. The van der Waals surface area contributed by atoms with E-state index in [-0.39, 0.29) is 10.4 Å². The van der Waals surface area contributed by atoms with E-state index >= 15 is 0 Å². The monoisotopic (exact) mass is 342 g/mol. The molecule has 0 saturated carbocycles. The predicted molar refractivity (Wildman–Crippen MR) is 81.3 cm³/mol. The van der Waals surface area contributed by atoms with E-state index in [1.54, 1.807) is 12.1 Å². The van der Waals surface area contributed by atoms with E-state index in [4.69, 9.17) is 0 Å². The molecule has 110 valence electrons. The smallest absolute Gasteiger partial charge is 0.252 e. The SMILES string of the molecule is CC(CNC(=O)c1cccc(F)c1Br)N1CCCCC1. The van der Waals surface area contributed by atoms with Crippen LogP contribution in [0.4, 0.5) is 4.39 Å². The number of nitrogens with one attached hydrogen (secondary N) is 1. The second-order valence-corrected chi connectivity index (χ2v) is 6.05. The molecule has 0 spiro atoms. The lowest BCUT2D eigenvalue weighted by Gasteiger charge is -2.32. The number of benzene rings is 1. The number of likely N-dealkylation sites (tertiary alicyclic amines) is 1. The molecule has 1 N–H and O–H groups in total. The van der Waals surface area contributed by atoms with E-state index in [0.29, 0.717) is 18.2 Å². The van der Waals surface area contributed by atoms with Gasteiger partial charge in [-0.1, -0.05) is 12.5 Å². The number of rotatable bonds is 4. The summed E-state index contributed by atoms with van der Waals surface area (Å²) in [5.41, 5.74) is 0.343. The minimum absolute atomic E-state index is 0.225. The van der Waals surface area contributed by atoms with Crippen LogP contribution in [-0.2, 0) is 0 Å². The van der Waals surface area contributed by atoms with Crippen LogP contribution in [0.15, 0.2) is 22.7 Å². The first-order valence-electron chi connectivity index (χ1n) is 7.06. The van der Waals surface area contributed by atoms with Crippen molar-refractivity contribution in [3.63, 3.8) is 0 Å². The van der Waals surface area contributed by atoms with Crippen LogP contribution < -0.4 is 5.32 Å². The number of carbonyl (C=O) groups is 1. The van der Waals surface area contributed by atoms with E-state index in [9.17, 15) is 9.18 Å². The van der Waals surface area contributed by atoms with Crippen molar-refractivity contribution in [1.29, 1.82) is 0 Å². The predicted octanol–water partition coefficient (Wildman–Crippen LogP) is 3.19. The van der Waals surface area contributed by atoms with Crippen molar-refractivity contribution in [3.05, 3.63) is 34.1 Å². The molecule has 1 unspecified atom stereocenters. The third-order valence-electron chi connectivity index (χ3n) is 3.77. The van der Waals surface area contributed by atoms with Crippen LogP contribution in [0, 0.1) is 5.82 Å². The molecule has 1 saturated heterocycles. The zero-order valence-corrected chi connectivity index (χ0v) is 13.2. The standard InChI is InChI=1S/C15H20BrFN2O/c1-11(19-8-3-2-4-9-19)10-18-15(20)12-6-5-7-13(17)14(12)16/h5-7,11H,2-4,8-10H2,1H3,(H,18,20). The Morgan fingerprint density at radius 2 is 2.10 bits per heavy atom. The molecule has 1 amide bonds. The van der Waals surface area contributed by atoms with Crippen molar-refractivity contribution in [1.82, 2.24) is 10.2 Å². The Labute approximate surface area is 127 Å². The molecule has 5 heteroatoms. The Morgan fingerprint density at radius 3 is 2.80 bits per heavy atom. The molecule has 1 aromatic carbocycles. The molecule has 1 aliphatic rings. The summed E-state index contributed by atoms with van der Waals surface area (Å²) in [4.78, 5) is 14.5. The molecule has 0 aromatic heterocycles. The van der Waals surface area contributed by atoms with Crippen LogP contribution in [0.5, 0.6) is 0 Å². The van der Waals surface area contributed by atoms with Crippen molar-refractivity contribution < 1.29 is 9.18 Å². The number of halogens is 2. The van der Waals surface area contributed by atoms with Crippen LogP contribution in [-0.4, -0.2) is 36.5 Å². The Bertz CT molecular complexity index is 475. The summed E-state index contributed by atoms with van der Waals surface area (Å²) in [5.74, 6) is -0.651. The van der Waals surface area contributed by atoms with E-state index < -0.39 is 5.82 Å². The molecule has 1 aromatic rings. The van der Waals surface area contributed by atoms with Crippen molar-refractivity contribution in [2.24, 2.45) is 0 Å². The number of hydrogen-bond acceptors (Lipinski definition) is 2. The Hall–Kier alpha value is -0.940. The minimum Gasteiger partial charge on any atom is -0.350 e. The second kappa shape index (κ2) is 7.18. The molecule has 20 heavy (non-hydrogen) atoms. The second-order valence-electron chi connectivity index (χ2n) is 5.26.